The van der Waals surface area contributed by atoms with Gasteiger partial charge in [0.15, 0.2) is 10.9 Å². The number of imidazole rings is 1. The van der Waals surface area contributed by atoms with Crippen molar-refractivity contribution in [1.82, 2.24) is 9.55 Å². The number of thioether (sulfide) groups is 1. The lowest BCUT2D eigenvalue weighted by Crippen LogP contribution is -2.17. The van der Waals surface area contributed by atoms with Gasteiger partial charge in [-0.05, 0) is 67.0 Å². The fourth-order valence-electron chi connectivity index (χ4n) is 3.98. The summed E-state index contributed by atoms with van der Waals surface area (Å²) in [6.07, 6.45) is 10.7. The molecule has 1 aliphatic rings. The standard InChI is InChI=1S/C24H32N2O2S/c1-4-5-13-20-22(29-23-25-15-16-26(23)3)21(27)18-24(20,2)14-9-10-17-28-19-11-7-6-8-12-19/h6-8,11-12,15-16H,4-5,9-10,13-14,17-18H2,1-3H3. The summed E-state index contributed by atoms with van der Waals surface area (Å²) < 4.78 is 7.81. The number of allylic oxidation sites excluding steroid dienone is 2. The van der Waals surface area contributed by atoms with Crippen molar-refractivity contribution in [3.05, 3.63) is 53.2 Å². The predicted molar refractivity (Wildman–Crippen MR) is 119 cm³/mol. The number of ketones is 1. The number of unbranched alkanes of at least 4 members (excludes halogenated alkanes) is 2. The lowest BCUT2D eigenvalue weighted by Gasteiger charge is -2.28. The van der Waals surface area contributed by atoms with Gasteiger partial charge in [-0.2, -0.15) is 0 Å². The third kappa shape index (κ3) is 5.53. The maximum atomic E-state index is 12.9. The Morgan fingerprint density at radius 3 is 2.69 bits per heavy atom. The Morgan fingerprint density at radius 1 is 1.21 bits per heavy atom. The molecule has 2 aromatic rings. The van der Waals surface area contributed by atoms with Gasteiger partial charge in [-0.1, -0.05) is 38.5 Å². The minimum Gasteiger partial charge on any atom is -0.494 e. The first-order chi connectivity index (χ1) is 14.0. The van der Waals surface area contributed by atoms with Crippen LogP contribution in [0.25, 0.3) is 0 Å². The quantitative estimate of drug-likeness (QED) is 0.413. The molecule has 0 bridgehead atoms. The average molecular weight is 413 g/mol. The number of para-hydroxylation sites is 1. The first-order valence-electron chi connectivity index (χ1n) is 10.6. The summed E-state index contributed by atoms with van der Waals surface area (Å²) in [6.45, 7) is 5.21. The van der Waals surface area contributed by atoms with E-state index in [1.54, 1.807) is 18.0 Å². The zero-order chi connectivity index (χ0) is 20.7. The second-order valence-electron chi connectivity index (χ2n) is 8.11. The second-order valence-corrected chi connectivity index (χ2v) is 9.09. The number of aryl methyl sites for hydroxylation is 1. The van der Waals surface area contributed by atoms with Gasteiger partial charge in [0.05, 0.1) is 11.5 Å². The molecule has 3 rings (SSSR count). The largest absolute Gasteiger partial charge is 0.494 e. The summed E-state index contributed by atoms with van der Waals surface area (Å²) >= 11 is 1.55. The molecule has 0 fully saturated rings. The maximum Gasteiger partial charge on any atom is 0.172 e. The molecule has 0 saturated heterocycles. The molecular weight excluding hydrogens is 380 g/mol. The highest BCUT2D eigenvalue weighted by Gasteiger charge is 2.41. The number of aromatic nitrogens is 2. The Labute approximate surface area is 178 Å². The lowest BCUT2D eigenvalue weighted by atomic mass is 9.77. The zero-order valence-electron chi connectivity index (χ0n) is 17.8. The Bertz CT molecular complexity index is 844. The van der Waals surface area contributed by atoms with Crippen molar-refractivity contribution in [2.45, 2.75) is 63.9 Å². The molecule has 0 spiro atoms. The molecule has 1 heterocycles. The zero-order valence-corrected chi connectivity index (χ0v) is 18.6. The molecule has 1 unspecified atom stereocenters. The smallest absolute Gasteiger partial charge is 0.172 e. The number of benzene rings is 1. The van der Waals surface area contributed by atoms with Gasteiger partial charge in [-0.15, -0.1) is 0 Å². The molecular formula is C24H32N2O2S. The van der Waals surface area contributed by atoms with E-state index >= 15 is 0 Å². The van der Waals surface area contributed by atoms with Crippen molar-refractivity contribution in [3.63, 3.8) is 0 Å². The van der Waals surface area contributed by atoms with Crippen LogP contribution in [0, 0.1) is 5.41 Å². The van der Waals surface area contributed by atoms with E-state index in [0.29, 0.717) is 6.42 Å². The number of Topliss-reactive ketones (excluding diaryl/α,β-unsaturated/α-hetero) is 1. The van der Waals surface area contributed by atoms with Crippen LogP contribution in [-0.4, -0.2) is 21.9 Å². The highest BCUT2D eigenvalue weighted by atomic mass is 32.2. The van der Waals surface area contributed by atoms with Crippen molar-refractivity contribution < 1.29 is 9.53 Å². The van der Waals surface area contributed by atoms with Crippen LogP contribution in [0.3, 0.4) is 0 Å². The van der Waals surface area contributed by atoms with Gasteiger partial charge in [-0.3, -0.25) is 4.79 Å². The molecule has 1 atom stereocenters. The highest BCUT2D eigenvalue weighted by Crippen LogP contribution is 2.50. The van der Waals surface area contributed by atoms with Gasteiger partial charge < -0.3 is 9.30 Å². The van der Waals surface area contributed by atoms with Gasteiger partial charge in [0.1, 0.15) is 5.75 Å². The molecule has 0 N–H and O–H groups in total. The summed E-state index contributed by atoms with van der Waals surface area (Å²) in [4.78, 5) is 18.3. The van der Waals surface area contributed by atoms with Crippen LogP contribution in [0.4, 0.5) is 0 Å². The van der Waals surface area contributed by atoms with E-state index in [2.05, 4.69) is 18.8 Å². The van der Waals surface area contributed by atoms with Crippen LogP contribution in [0.2, 0.25) is 0 Å². The lowest BCUT2D eigenvalue weighted by molar-refractivity contribution is -0.115. The van der Waals surface area contributed by atoms with Gasteiger partial charge in [0.25, 0.3) is 0 Å². The molecule has 0 amide bonds. The maximum absolute atomic E-state index is 12.9. The molecule has 1 aromatic heterocycles. The molecule has 0 aliphatic heterocycles. The van der Waals surface area contributed by atoms with Gasteiger partial charge in [0, 0.05) is 25.9 Å². The summed E-state index contributed by atoms with van der Waals surface area (Å²) in [5.74, 6) is 1.21. The third-order valence-corrected chi connectivity index (χ3v) is 6.95. The number of hydrogen-bond acceptors (Lipinski definition) is 4. The Hall–Kier alpha value is -2.01. The summed E-state index contributed by atoms with van der Waals surface area (Å²) in [7, 11) is 1.98. The number of hydrogen-bond donors (Lipinski definition) is 0. The van der Waals surface area contributed by atoms with Gasteiger partial charge in [0.2, 0.25) is 0 Å². The Kier molecular flexibility index (Phi) is 7.59. The second kappa shape index (κ2) is 10.1. The number of rotatable bonds is 11. The van der Waals surface area contributed by atoms with E-state index in [1.165, 1.54) is 5.57 Å². The summed E-state index contributed by atoms with van der Waals surface area (Å²) in [5.41, 5.74) is 1.31. The summed E-state index contributed by atoms with van der Waals surface area (Å²) in [5, 5.41) is 0.892. The van der Waals surface area contributed by atoms with Crippen molar-refractivity contribution in [3.8, 4) is 5.75 Å². The van der Waals surface area contributed by atoms with Crippen LogP contribution in [0.15, 0.2) is 58.4 Å². The van der Waals surface area contributed by atoms with Crippen LogP contribution in [0.5, 0.6) is 5.75 Å². The van der Waals surface area contributed by atoms with Crippen LogP contribution < -0.4 is 4.74 Å². The fraction of sp³-hybridized carbons (Fsp3) is 0.500. The van der Waals surface area contributed by atoms with Crippen LogP contribution in [-0.2, 0) is 11.8 Å². The van der Waals surface area contributed by atoms with E-state index in [0.717, 1.165) is 60.9 Å². The SMILES string of the molecule is CCCCC1=C(Sc2nccn2C)C(=O)CC1(C)CCCCOc1ccccc1. The molecule has 1 aliphatic carbocycles. The molecule has 5 heteroatoms. The Morgan fingerprint density at radius 2 is 2.00 bits per heavy atom. The van der Waals surface area contributed by atoms with Crippen molar-refractivity contribution in [2.24, 2.45) is 12.5 Å². The van der Waals surface area contributed by atoms with Crippen LogP contribution >= 0.6 is 11.8 Å². The molecule has 1 aromatic carbocycles. The molecule has 0 saturated carbocycles. The van der Waals surface area contributed by atoms with Crippen molar-refractivity contribution in [1.29, 1.82) is 0 Å². The molecule has 0 radical (unpaired) electrons. The fourth-order valence-corrected chi connectivity index (χ4v) is 5.13. The summed E-state index contributed by atoms with van der Waals surface area (Å²) in [6, 6.07) is 9.96. The van der Waals surface area contributed by atoms with E-state index in [-0.39, 0.29) is 11.2 Å². The minimum atomic E-state index is -0.0352. The normalized spacial score (nSPS) is 19.2. The third-order valence-electron chi connectivity index (χ3n) is 5.69. The number of ether oxygens (including phenoxy) is 1. The van der Waals surface area contributed by atoms with Crippen LogP contribution in [0.1, 0.15) is 58.8 Å². The molecule has 4 nitrogen and oxygen atoms in total. The first-order valence-corrected chi connectivity index (χ1v) is 11.4. The molecule has 156 valence electrons. The topological polar surface area (TPSA) is 44.1 Å². The Balaban J connectivity index is 1.63. The monoisotopic (exact) mass is 412 g/mol. The number of carbonyl (C=O) groups excluding carboxylic acids is 1. The van der Waals surface area contributed by atoms with Gasteiger partial charge >= 0.3 is 0 Å². The number of nitrogens with zero attached hydrogens (tertiary/aromatic N) is 2. The minimum absolute atomic E-state index is 0.0352. The van der Waals surface area contributed by atoms with Crippen molar-refractivity contribution in [2.75, 3.05) is 6.61 Å². The van der Waals surface area contributed by atoms with Gasteiger partial charge in [-0.25, -0.2) is 4.98 Å². The predicted octanol–water partition coefficient (Wildman–Crippen LogP) is 6.18. The van der Waals surface area contributed by atoms with E-state index in [4.69, 9.17) is 4.74 Å². The number of carbonyl (C=O) groups is 1. The molecule has 29 heavy (non-hydrogen) atoms. The van der Waals surface area contributed by atoms with Crippen molar-refractivity contribution >= 4 is 17.5 Å². The average Bonchev–Trinajstić information content (AvgIpc) is 3.22. The van der Waals surface area contributed by atoms with E-state index in [9.17, 15) is 4.79 Å². The first kappa shape index (κ1) is 21.7. The van der Waals surface area contributed by atoms with E-state index < -0.39 is 0 Å². The highest BCUT2D eigenvalue weighted by molar-refractivity contribution is 8.03. The van der Waals surface area contributed by atoms with E-state index in [1.807, 2.05) is 48.1 Å².